The SMILES string of the molecule is CCOC(=O)c1sc2nc(/C(Cl)=C/c3ccc(O)cc3)[nH]c(=O)c2c1C. The predicted molar refractivity (Wildman–Crippen MR) is 103 cm³/mol. The number of phenolic OH excluding ortho intramolecular Hbond substituents is 1. The number of aromatic nitrogens is 2. The second-order valence-corrected chi connectivity index (χ2v) is 6.86. The number of carbonyl (C=O) groups excluding carboxylic acids is 1. The third kappa shape index (κ3) is 3.49. The van der Waals surface area contributed by atoms with Gasteiger partial charge in [0, 0.05) is 0 Å². The van der Waals surface area contributed by atoms with Crippen LogP contribution in [0.25, 0.3) is 21.3 Å². The monoisotopic (exact) mass is 390 g/mol. The third-order valence-electron chi connectivity index (χ3n) is 3.67. The van der Waals surface area contributed by atoms with Crippen LogP contribution >= 0.6 is 22.9 Å². The van der Waals surface area contributed by atoms with Crippen LogP contribution in [-0.4, -0.2) is 27.7 Å². The van der Waals surface area contributed by atoms with Gasteiger partial charge < -0.3 is 14.8 Å². The number of hydrogen-bond acceptors (Lipinski definition) is 6. The fraction of sp³-hybridized carbons (Fsp3) is 0.167. The fourth-order valence-corrected chi connectivity index (χ4v) is 3.72. The second kappa shape index (κ2) is 7.31. The summed E-state index contributed by atoms with van der Waals surface area (Å²) < 4.78 is 5.02. The standard InChI is InChI=1S/C18H15ClN2O4S/c1-3-25-18(24)14-9(2)13-16(23)20-15(21-17(13)26-14)12(19)8-10-4-6-11(22)7-5-10/h4-8,22H,3H2,1-2H3,(H,20,21,23)/b12-8-. The van der Waals surface area contributed by atoms with Crippen molar-refractivity contribution in [1.29, 1.82) is 0 Å². The molecule has 6 nitrogen and oxygen atoms in total. The van der Waals surface area contributed by atoms with E-state index in [0.717, 1.165) is 16.9 Å². The van der Waals surface area contributed by atoms with Crippen molar-refractivity contribution in [3.8, 4) is 5.75 Å². The van der Waals surface area contributed by atoms with E-state index in [1.807, 2.05) is 0 Å². The summed E-state index contributed by atoms with van der Waals surface area (Å²) in [5.41, 5.74) is 0.916. The number of esters is 1. The number of ether oxygens (including phenoxy) is 1. The highest BCUT2D eigenvalue weighted by atomic mass is 35.5. The molecule has 8 heteroatoms. The Kier molecular flexibility index (Phi) is 5.11. The molecule has 0 aliphatic carbocycles. The van der Waals surface area contributed by atoms with Gasteiger partial charge in [0.25, 0.3) is 5.56 Å². The van der Waals surface area contributed by atoms with E-state index in [2.05, 4.69) is 9.97 Å². The number of thiophene rings is 1. The van der Waals surface area contributed by atoms with E-state index in [1.54, 1.807) is 32.1 Å². The minimum Gasteiger partial charge on any atom is -0.508 e. The number of rotatable bonds is 4. The zero-order valence-corrected chi connectivity index (χ0v) is 15.6. The van der Waals surface area contributed by atoms with Crippen LogP contribution in [0.3, 0.4) is 0 Å². The van der Waals surface area contributed by atoms with E-state index in [-0.39, 0.29) is 28.8 Å². The number of hydrogen-bond donors (Lipinski definition) is 2. The third-order valence-corrected chi connectivity index (χ3v) is 5.13. The van der Waals surface area contributed by atoms with E-state index in [0.29, 0.717) is 20.7 Å². The van der Waals surface area contributed by atoms with Crippen LogP contribution in [0.2, 0.25) is 0 Å². The van der Waals surface area contributed by atoms with Gasteiger partial charge in [-0.15, -0.1) is 11.3 Å². The van der Waals surface area contributed by atoms with Gasteiger partial charge in [0.05, 0.1) is 17.0 Å². The second-order valence-electron chi connectivity index (χ2n) is 5.46. The number of nitrogens with zero attached hydrogens (tertiary/aromatic N) is 1. The summed E-state index contributed by atoms with van der Waals surface area (Å²) in [4.78, 5) is 32.3. The number of halogens is 1. The van der Waals surface area contributed by atoms with Crippen molar-refractivity contribution in [2.75, 3.05) is 6.61 Å². The minimum atomic E-state index is -0.473. The predicted octanol–water partition coefficient (Wildman–Crippen LogP) is 3.91. The van der Waals surface area contributed by atoms with Crippen molar-refractivity contribution in [3.63, 3.8) is 0 Å². The highest BCUT2D eigenvalue weighted by Crippen LogP contribution is 2.29. The lowest BCUT2D eigenvalue weighted by Gasteiger charge is -2.01. The Morgan fingerprint density at radius 1 is 1.38 bits per heavy atom. The summed E-state index contributed by atoms with van der Waals surface area (Å²) in [5.74, 6) is -0.125. The molecule has 0 aliphatic rings. The van der Waals surface area contributed by atoms with Gasteiger partial charge in [-0.1, -0.05) is 23.7 Å². The first-order valence-corrected chi connectivity index (χ1v) is 8.97. The number of nitrogens with one attached hydrogen (secondary N) is 1. The molecule has 0 radical (unpaired) electrons. The highest BCUT2D eigenvalue weighted by molar-refractivity contribution is 7.20. The number of aryl methyl sites for hydroxylation is 1. The molecule has 0 atom stereocenters. The summed E-state index contributed by atoms with van der Waals surface area (Å²) in [7, 11) is 0. The van der Waals surface area contributed by atoms with E-state index < -0.39 is 5.97 Å². The van der Waals surface area contributed by atoms with Crippen LogP contribution in [0.5, 0.6) is 5.75 Å². The zero-order chi connectivity index (χ0) is 18.8. The van der Waals surface area contributed by atoms with Gasteiger partial charge in [-0.2, -0.15) is 0 Å². The molecule has 0 amide bonds. The number of aromatic hydroxyl groups is 1. The topological polar surface area (TPSA) is 92.3 Å². The van der Waals surface area contributed by atoms with Gasteiger partial charge >= 0.3 is 5.97 Å². The molecule has 0 saturated carbocycles. The van der Waals surface area contributed by atoms with Crippen molar-refractivity contribution >= 4 is 50.2 Å². The molecule has 2 heterocycles. The lowest BCUT2D eigenvalue weighted by Crippen LogP contribution is -2.10. The Hall–Kier alpha value is -2.64. The molecule has 2 aromatic heterocycles. The molecule has 0 bridgehead atoms. The summed E-state index contributed by atoms with van der Waals surface area (Å²) in [6.07, 6.45) is 1.62. The summed E-state index contributed by atoms with van der Waals surface area (Å²) >= 11 is 7.39. The first kappa shape index (κ1) is 18.2. The number of aromatic amines is 1. The summed E-state index contributed by atoms with van der Waals surface area (Å²) in [5, 5.41) is 9.92. The van der Waals surface area contributed by atoms with Gasteiger partial charge in [-0.3, -0.25) is 4.79 Å². The number of phenols is 1. The summed E-state index contributed by atoms with van der Waals surface area (Å²) in [6, 6.07) is 6.43. The molecular formula is C18H15ClN2O4S. The number of benzene rings is 1. The van der Waals surface area contributed by atoms with Gasteiger partial charge in [-0.25, -0.2) is 9.78 Å². The van der Waals surface area contributed by atoms with Gasteiger partial charge in [-0.05, 0) is 43.2 Å². The Morgan fingerprint density at radius 2 is 2.08 bits per heavy atom. The molecule has 0 saturated heterocycles. The van der Waals surface area contributed by atoms with E-state index in [4.69, 9.17) is 16.3 Å². The van der Waals surface area contributed by atoms with E-state index >= 15 is 0 Å². The Morgan fingerprint density at radius 3 is 2.73 bits per heavy atom. The summed E-state index contributed by atoms with van der Waals surface area (Å²) in [6.45, 7) is 3.66. The Bertz CT molecular complexity index is 1070. The van der Waals surface area contributed by atoms with Gasteiger partial charge in [0.2, 0.25) is 0 Å². The molecule has 0 fully saturated rings. The molecule has 0 aliphatic heterocycles. The first-order valence-electron chi connectivity index (χ1n) is 7.77. The molecule has 1 aromatic carbocycles. The number of H-pyrrole nitrogens is 1. The Labute approximate surface area is 157 Å². The largest absolute Gasteiger partial charge is 0.508 e. The van der Waals surface area contributed by atoms with Gasteiger partial charge in [0.1, 0.15) is 15.5 Å². The van der Waals surface area contributed by atoms with E-state index in [9.17, 15) is 14.7 Å². The normalized spacial score (nSPS) is 11.7. The fourth-order valence-electron chi connectivity index (χ4n) is 2.43. The quantitative estimate of drug-likeness (QED) is 0.659. The van der Waals surface area contributed by atoms with Crippen LogP contribution < -0.4 is 5.56 Å². The van der Waals surface area contributed by atoms with Crippen molar-refractivity contribution in [2.45, 2.75) is 13.8 Å². The smallest absolute Gasteiger partial charge is 0.348 e. The molecular weight excluding hydrogens is 376 g/mol. The van der Waals surface area contributed by atoms with Crippen LogP contribution in [0, 0.1) is 6.92 Å². The number of fused-ring (bicyclic) bond motifs is 1. The lowest BCUT2D eigenvalue weighted by atomic mass is 10.2. The Balaban J connectivity index is 2.07. The van der Waals surface area contributed by atoms with E-state index in [1.165, 1.54) is 12.1 Å². The number of carbonyl (C=O) groups is 1. The molecule has 3 aromatic rings. The van der Waals surface area contributed by atoms with Crippen molar-refractivity contribution in [2.24, 2.45) is 0 Å². The van der Waals surface area contributed by atoms with Crippen LogP contribution in [-0.2, 0) is 4.74 Å². The lowest BCUT2D eigenvalue weighted by molar-refractivity contribution is 0.0531. The molecule has 3 rings (SSSR count). The average Bonchev–Trinajstić information content (AvgIpc) is 2.94. The molecule has 26 heavy (non-hydrogen) atoms. The van der Waals surface area contributed by atoms with Crippen molar-refractivity contribution in [3.05, 3.63) is 56.4 Å². The zero-order valence-electron chi connectivity index (χ0n) is 14.0. The maximum Gasteiger partial charge on any atom is 0.348 e. The molecule has 0 unspecified atom stereocenters. The van der Waals surface area contributed by atoms with Crippen molar-refractivity contribution in [1.82, 2.24) is 9.97 Å². The highest BCUT2D eigenvalue weighted by Gasteiger charge is 2.20. The minimum absolute atomic E-state index is 0.145. The molecule has 134 valence electrons. The molecule has 2 N–H and O–H groups in total. The average molecular weight is 391 g/mol. The van der Waals surface area contributed by atoms with Crippen LogP contribution in [0.4, 0.5) is 0 Å². The van der Waals surface area contributed by atoms with Crippen LogP contribution in [0.15, 0.2) is 29.1 Å². The van der Waals surface area contributed by atoms with Crippen LogP contribution in [0.1, 0.15) is 33.5 Å². The molecule has 0 spiro atoms. The maximum atomic E-state index is 12.5. The van der Waals surface area contributed by atoms with Gasteiger partial charge in [0.15, 0.2) is 5.82 Å². The first-order chi connectivity index (χ1) is 12.4. The van der Waals surface area contributed by atoms with Crippen molar-refractivity contribution < 1.29 is 14.6 Å². The maximum absolute atomic E-state index is 12.5.